The van der Waals surface area contributed by atoms with Gasteiger partial charge in [-0.05, 0) is 48.7 Å². The van der Waals surface area contributed by atoms with Gasteiger partial charge in [-0.1, -0.05) is 23.2 Å². The van der Waals surface area contributed by atoms with Crippen molar-refractivity contribution in [2.75, 3.05) is 19.3 Å². The third-order valence-corrected chi connectivity index (χ3v) is 4.53. The number of rotatable bonds is 6. The molecule has 0 bridgehead atoms. The van der Waals surface area contributed by atoms with Gasteiger partial charge in [-0.3, -0.25) is 9.59 Å². The molecule has 7 heteroatoms. The van der Waals surface area contributed by atoms with Crippen LogP contribution in [0, 0.1) is 0 Å². The molecule has 0 aliphatic carbocycles. The van der Waals surface area contributed by atoms with Gasteiger partial charge in [0.1, 0.15) is 0 Å². The second-order valence-corrected chi connectivity index (χ2v) is 6.59. The predicted molar refractivity (Wildman–Crippen MR) is 99.4 cm³/mol. The maximum absolute atomic E-state index is 12.2. The lowest BCUT2D eigenvalue weighted by molar-refractivity contribution is 0.0927. The van der Waals surface area contributed by atoms with Crippen molar-refractivity contribution in [3.05, 3.63) is 63.6 Å². The number of halogens is 2. The van der Waals surface area contributed by atoms with Gasteiger partial charge in [0.25, 0.3) is 11.8 Å². The summed E-state index contributed by atoms with van der Waals surface area (Å²) in [6.07, 6.45) is 1.93. The number of benzene rings is 2. The molecule has 4 nitrogen and oxygen atoms in total. The fourth-order valence-corrected chi connectivity index (χ4v) is 2.73. The van der Waals surface area contributed by atoms with Crippen molar-refractivity contribution in [1.82, 2.24) is 10.6 Å². The molecule has 24 heavy (non-hydrogen) atoms. The molecule has 2 rings (SSSR count). The van der Waals surface area contributed by atoms with Gasteiger partial charge < -0.3 is 10.6 Å². The van der Waals surface area contributed by atoms with Crippen LogP contribution in [0.15, 0.2) is 47.4 Å². The summed E-state index contributed by atoms with van der Waals surface area (Å²) in [6.45, 7) is 0.616. The number of carbonyl (C=O) groups excluding carboxylic acids is 2. The monoisotopic (exact) mass is 382 g/mol. The van der Waals surface area contributed by atoms with Crippen LogP contribution in [0.2, 0.25) is 10.0 Å². The van der Waals surface area contributed by atoms with Crippen LogP contribution in [0.1, 0.15) is 20.7 Å². The summed E-state index contributed by atoms with van der Waals surface area (Å²) >= 11 is 13.4. The van der Waals surface area contributed by atoms with Crippen LogP contribution >= 0.6 is 35.0 Å². The Kier molecular flexibility index (Phi) is 6.97. The molecular formula is C17H16Cl2N2O2S. The number of amides is 2. The molecule has 0 fully saturated rings. The molecule has 126 valence electrons. The molecule has 0 aromatic heterocycles. The minimum absolute atomic E-state index is 0.219. The van der Waals surface area contributed by atoms with E-state index in [-0.39, 0.29) is 11.8 Å². The topological polar surface area (TPSA) is 58.2 Å². The average molecular weight is 383 g/mol. The molecular weight excluding hydrogens is 367 g/mol. The Bertz CT molecular complexity index is 736. The van der Waals surface area contributed by atoms with Crippen molar-refractivity contribution in [2.45, 2.75) is 4.90 Å². The molecule has 0 saturated carbocycles. The summed E-state index contributed by atoms with van der Waals surface area (Å²) in [4.78, 5) is 25.0. The molecule has 0 heterocycles. The Morgan fingerprint density at radius 3 is 2.21 bits per heavy atom. The minimum atomic E-state index is -0.267. The Labute approximate surface area is 154 Å². The number of hydrogen-bond acceptors (Lipinski definition) is 3. The fraction of sp³-hybridized carbons (Fsp3) is 0.176. The summed E-state index contributed by atoms with van der Waals surface area (Å²) in [7, 11) is 0. The SMILES string of the molecule is CSc1ccc(Cl)c(C(=O)NCCNC(=O)c2ccc(Cl)cc2)c1. The largest absolute Gasteiger partial charge is 0.350 e. The van der Waals surface area contributed by atoms with Gasteiger partial charge >= 0.3 is 0 Å². The Balaban J connectivity index is 1.82. The lowest BCUT2D eigenvalue weighted by atomic mass is 10.2. The zero-order chi connectivity index (χ0) is 17.5. The van der Waals surface area contributed by atoms with E-state index in [4.69, 9.17) is 23.2 Å². The summed E-state index contributed by atoms with van der Waals surface area (Å²) in [5.74, 6) is -0.486. The lowest BCUT2D eigenvalue weighted by Gasteiger charge is -2.09. The van der Waals surface area contributed by atoms with E-state index in [0.29, 0.717) is 34.3 Å². The first-order valence-corrected chi connectivity index (χ1v) is 9.15. The molecule has 2 N–H and O–H groups in total. The Hall–Kier alpha value is -1.69. The number of thioether (sulfide) groups is 1. The quantitative estimate of drug-likeness (QED) is 0.588. The molecule has 0 saturated heterocycles. The van der Waals surface area contributed by atoms with E-state index in [9.17, 15) is 9.59 Å². The number of carbonyl (C=O) groups is 2. The first-order chi connectivity index (χ1) is 11.5. The Morgan fingerprint density at radius 2 is 1.58 bits per heavy atom. The third kappa shape index (κ3) is 5.16. The van der Waals surface area contributed by atoms with Crippen LogP contribution in [0.5, 0.6) is 0 Å². The zero-order valence-electron chi connectivity index (χ0n) is 12.9. The zero-order valence-corrected chi connectivity index (χ0v) is 15.3. The van der Waals surface area contributed by atoms with Crippen LogP contribution in [0.25, 0.3) is 0 Å². The van der Waals surface area contributed by atoms with E-state index in [1.807, 2.05) is 12.3 Å². The van der Waals surface area contributed by atoms with Gasteiger partial charge in [0.2, 0.25) is 0 Å². The Morgan fingerprint density at radius 1 is 0.958 bits per heavy atom. The van der Waals surface area contributed by atoms with Crippen LogP contribution in [0.3, 0.4) is 0 Å². The molecule has 0 spiro atoms. The highest BCUT2D eigenvalue weighted by Gasteiger charge is 2.11. The van der Waals surface area contributed by atoms with Crippen LogP contribution in [-0.4, -0.2) is 31.2 Å². The van der Waals surface area contributed by atoms with Gasteiger partial charge in [0.15, 0.2) is 0 Å². The molecule has 2 aromatic carbocycles. The van der Waals surface area contributed by atoms with Gasteiger partial charge in [-0.2, -0.15) is 0 Å². The molecule has 2 amide bonds. The molecule has 0 unspecified atom stereocenters. The smallest absolute Gasteiger partial charge is 0.252 e. The molecule has 2 aromatic rings. The van der Waals surface area contributed by atoms with Crippen molar-refractivity contribution >= 4 is 46.8 Å². The molecule has 0 radical (unpaired) electrons. The predicted octanol–water partition coefficient (Wildman–Crippen LogP) is 3.88. The summed E-state index contributed by atoms with van der Waals surface area (Å²) in [6, 6.07) is 11.9. The van der Waals surface area contributed by atoms with E-state index in [1.54, 1.807) is 36.4 Å². The van der Waals surface area contributed by atoms with Gasteiger partial charge in [-0.25, -0.2) is 0 Å². The third-order valence-electron chi connectivity index (χ3n) is 3.22. The van der Waals surface area contributed by atoms with Crippen LogP contribution < -0.4 is 10.6 Å². The first-order valence-electron chi connectivity index (χ1n) is 7.17. The van der Waals surface area contributed by atoms with E-state index < -0.39 is 0 Å². The van der Waals surface area contributed by atoms with E-state index >= 15 is 0 Å². The number of hydrogen-bond donors (Lipinski definition) is 2. The van der Waals surface area contributed by atoms with Gasteiger partial charge in [0.05, 0.1) is 10.6 Å². The highest BCUT2D eigenvalue weighted by atomic mass is 35.5. The fourth-order valence-electron chi connectivity index (χ4n) is 1.96. The lowest BCUT2D eigenvalue weighted by Crippen LogP contribution is -2.34. The average Bonchev–Trinajstić information content (AvgIpc) is 2.59. The maximum atomic E-state index is 12.2. The first kappa shape index (κ1) is 18.6. The van der Waals surface area contributed by atoms with E-state index in [2.05, 4.69) is 10.6 Å². The summed E-state index contributed by atoms with van der Waals surface area (Å²) in [5, 5.41) is 6.44. The van der Waals surface area contributed by atoms with Crippen molar-refractivity contribution in [2.24, 2.45) is 0 Å². The molecule has 0 aliphatic rings. The van der Waals surface area contributed by atoms with E-state index in [1.165, 1.54) is 11.8 Å². The highest BCUT2D eigenvalue weighted by molar-refractivity contribution is 7.98. The standard InChI is InChI=1S/C17H16Cl2N2O2S/c1-24-13-6-7-15(19)14(10-13)17(23)21-9-8-20-16(22)11-2-4-12(18)5-3-11/h2-7,10H,8-9H2,1H3,(H,20,22)(H,21,23). The van der Waals surface area contributed by atoms with Crippen molar-refractivity contribution in [3.63, 3.8) is 0 Å². The summed E-state index contributed by atoms with van der Waals surface area (Å²) < 4.78 is 0. The maximum Gasteiger partial charge on any atom is 0.252 e. The number of nitrogens with one attached hydrogen (secondary N) is 2. The van der Waals surface area contributed by atoms with E-state index in [0.717, 1.165) is 4.90 Å². The highest BCUT2D eigenvalue weighted by Crippen LogP contribution is 2.22. The van der Waals surface area contributed by atoms with Gasteiger partial charge in [-0.15, -0.1) is 11.8 Å². The second kappa shape index (κ2) is 8.97. The van der Waals surface area contributed by atoms with Crippen molar-refractivity contribution < 1.29 is 9.59 Å². The second-order valence-electron chi connectivity index (χ2n) is 4.86. The molecule has 0 atom stereocenters. The van der Waals surface area contributed by atoms with Gasteiger partial charge in [0, 0.05) is 28.6 Å². The minimum Gasteiger partial charge on any atom is -0.350 e. The summed E-state index contributed by atoms with van der Waals surface area (Å²) in [5.41, 5.74) is 0.939. The normalized spacial score (nSPS) is 10.3. The van der Waals surface area contributed by atoms with Crippen LogP contribution in [0.4, 0.5) is 0 Å². The molecule has 0 aliphatic heterocycles. The van der Waals surface area contributed by atoms with Crippen LogP contribution in [-0.2, 0) is 0 Å². The van der Waals surface area contributed by atoms with Crippen molar-refractivity contribution in [3.8, 4) is 0 Å². The van der Waals surface area contributed by atoms with Crippen molar-refractivity contribution in [1.29, 1.82) is 0 Å².